The molecule has 6 nitrogen and oxygen atoms in total. The second-order valence-electron chi connectivity index (χ2n) is 5.26. The molecule has 24 heavy (non-hydrogen) atoms. The van der Waals surface area contributed by atoms with Gasteiger partial charge in [-0.15, -0.1) is 10.6 Å². The molecule has 1 aliphatic rings. The van der Waals surface area contributed by atoms with Crippen LogP contribution in [0.4, 0.5) is 0 Å². The number of hydrogen-bond acceptors (Lipinski definition) is 6. The Balaban J connectivity index is 1.89. The van der Waals surface area contributed by atoms with E-state index in [0.717, 1.165) is 17.0 Å². The topological polar surface area (TPSA) is 66.0 Å². The zero-order valence-corrected chi connectivity index (χ0v) is 14.7. The molecule has 0 radical (unpaired) electrons. The van der Waals surface area contributed by atoms with E-state index >= 15 is 0 Å². The molecule has 2 N–H and O–H groups in total. The normalized spacial score (nSPS) is 13.4. The summed E-state index contributed by atoms with van der Waals surface area (Å²) in [5, 5.41) is 6.17. The number of ether oxygens (including phenoxy) is 1. The molecule has 2 aromatic rings. The van der Waals surface area contributed by atoms with Crippen LogP contribution in [-0.2, 0) is 6.61 Å². The molecular formula is C17H17BrN4O2. The van der Waals surface area contributed by atoms with Gasteiger partial charge in [0.25, 0.3) is 0 Å². The molecular weight excluding hydrogens is 372 g/mol. The Kier molecular flexibility index (Phi) is 5.12. The van der Waals surface area contributed by atoms with E-state index in [1.165, 1.54) is 0 Å². The van der Waals surface area contributed by atoms with Crippen molar-refractivity contribution in [1.82, 2.24) is 16.1 Å². The highest BCUT2D eigenvalue weighted by atomic mass is 79.9. The molecule has 3 rings (SSSR count). The summed E-state index contributed by atoms with van der Waals surface area (Å²) in [4.78, 5) is 12.2. The number of halogens is 1. The Hall–Kier alpha value is -2.38. The Labute approximate surface area is 148 Å². The second-order valence-corrected chi connectivity index (χ2v) is 5.82. The molecule has 0 spiro atoms. The fourth-order valence-corrected chi connectivity index (χ4v) is 2.66. The van der Waals surface area contributed by atoms with Crippen molar-refractivity contribution in [1.29, 1.82) is 0 Å². The third-order valence-corrected chi connectivity index (χ3v) is 4.11. The van der Waals surface area contributed by atoms with Crippen LogP contribution in [0.5, 0.6) is 5.75 Å². The quantitative estimate of drug-likeness (QED) is 0.587. The monoisotopic (exact) mass is 388 g/mol. The van der Waals surface area contributed by atoms with Gasteiger partial charge in [0, 0.05) is 12.6 Å². The Morgan fingerprint density at radius 1 is 1.25 bits per heavy atom. The molecule has 124 valence electrons. The lowest BCUT2D eigenvalue weighted by Crippen LogP contribution is -2.37. The van der Waals surface area contributed by atoms with Gasteiger partial charge in [-0.25, -0.2) is 5.53 Å². The number of alkyl halides is 1. The van der Waals surface area contributed by atoms with Gasteiger partial charge in [-0.3, -0.25) is 9.80 Å². The minimum absolute atomic E-state index is 0.0254. The van der Waals surface area contributed by atoms with Crippen LogP contribution < -0.4 is 15.8 Å². The molecule has 0 unspecified atom stereocenters. The Bertz CT molecular complexity index is 764. The first-order valence-corrected chi connectivity index (χ1v) is 8.53. The maximum atomic E-state index is 12.2. The first kappa shape index (κ1) is 16.5. The summed E-state index contributed by atoms with van der Waals surface area (Å²) in [7, 11) is 1.85. The van der Waals surface area contributed by atoms with Gasteiger partial charge in [0.2, 0.25) is 0 Å². The Morgan fingerprint density at radius 2 is 2.04 bits per heavy atom. The summed E-state index contributed by atoms with van der Waals surface area (Å²) in [5.41, 5.74) is 7.99. The number of hydrogen-bond donors (Lipinski definition) is 2. The molecule has 1 heterocycles. The van der Waals surface area contributed by atoms with E-state index in [4.69, 9.17) is 4.74 Å². The van der Waals surface area contributed by atoms with Crippen LogP contribution >= 0.6 is 15.9 Å². The number of nitrogens with one attached hydrogen (secondary N) is 2. The van der Waals surface area contributed by atoms with E-state index in [0.29, 0.717) is 17.9 Å². The Morgan fingerprint density at radius 3 is 2.71 bits per heavy atom. The van der Waals surface area contributed by atoms with Gasteiger partial charge in [0.15, 0.2) is 11.6 Å². The van der Waals surface area contributed by atoms with E-state index in [9.17, 15) is 4.79 Å². The number of benzene rings is 2. The zero-order chi connectivity index (χ0) is 16.9. The molecule has 0 atom stereocenters. The summed E-state index contributed by atoms with van der Waals surface area (Å²) < 4.78 is 5.93. The van der Waals surface area contributed by atoms with Crippen LogP contribution in [0.15, 0.2) is 53.6 Å². The number of carbonyl (C=O) groups excluding carboxylic acids is 1. The van der Waals surface area contributed by atoms with Crippen LogP contribution in [0, 0.1) is 0 Å². The van der Waals surface area contributed by atoms with Crippen molar-refractivity contribution in [2.24, 2.45) is 5.10 Å². The van der Waals surface area contributed by atoms with Crippen molar-refractivity contribution in [2.75, 3.05) is 12.4 Å². The summed E-state index contributed by atoms with van der Waals surface area (Å²) in [6.45, 7) is 0.395. The second kappa shape index (κ2) is 7.46. The van der Waals surface area contributed by atoms with Gasteiger partial charge in [-0.2, -0.15) is 0 Å². The number of hydrazone groups is 1. The highest BCUT2D eigenvalue weighted by molar-refractivity contribution is 9.09. The molecule has 2 aromatic carbocycles. The summed E-state index contributed by atoms with van der Waals surface area (Å²) >= 11 is 3.22. The number of rotatable bonds is 6. The van der Waals surface area contributed by atoms with Crippen LogP contribution in [-0.4, -0.2) is 29.0 Å². The van der Waals surface area contributed by atoms with Gasteiger partial charge >= 0.3 is 0 Å². The van der Waals surface area contributed by atoms with E-state index in [1.807, 2.05) is 49.5 Å². The molecule has 0 aromatic heterocycles. The van der Waals surface area contributed by atoms with Crippen LogP contribution in [0.3, 0.4) is 0 Å². The van der Waals surface area contributed by atoms with Crippen LogP contribution in [0.25, 0.3) is 0 Å². The van der Waals surface area contributed by atoms with Crippen LogP contribution in [0.1, 0.15) is 21.5 Å². The predicted octanol–water partition coefficient (Wildman–Crippen LogP) is 2.46. The zero-order valence-electron chi connectivity index (χ0n) is 13.1. The molecule has 0 aliphatic carbocycles. The third-order valence-electron chi connectivity index (χ3n) is 3.60. The fourth-order valence-electron chi connectivity index (χ4n) is 2.36. The van der Waals surface area contributed by atoms with Gasteiger partial charge in [-0.1, -0.05) is 52.3 Å². The highest BCUT2D eigenvalue weighted by Crippen LogP contribution is 2.24. The van der Waals surface area contributed by atoms with E-state index in [1.54, 1.807) is 11.1 Å². The van der Waals surface area contributed by atoms with Crippen molar-refractivity contribution >= 4 is 27.5 Å². The first-order valence-electron chi connectivity index (χ1n) is 7.41. The number of hydrazine groups is 2. The smallest absolute Gasteiger partial charge is 0.177 e. The van der Waals surface area contributed by atoms with E-state index in [2.05, 4.69) is 32.1 Å². The average Bonchev–Trinajstić information content (AvgIpc) is 3.06. The average molecular weight is 389 g/mol. The van der Waals surface area contributed by atoms with Gasteiger partial charge in [0.1, 0.15) is 12.4 Å². The standard InChI is InChI=1S/C17H17BrN4O2/c1-22-17(19-20-21-22)13-7-8-14(15(23)10-18)16(9-13)24-11-12-5-3-2-4-6-12/h2-9,20-21H,10-11H2,1H3. The highest BCUT2D eigenvalue weighted by Gasteiger charge is 2.19. The minimum atomic E-state index is -0.0254. The number of ketones is 1. The number of Topliss-reactive ketones (excluding diaryl/α,β-unsaturated/α-hetero) is 1. The van der Waals surface area contributed by atoms with Crippen molar-refractivity contribution in [3.63, 3.8) is 0 Å². The number of nitrogens with zero attached hydrogens (tertiary/aromatic N) is 2. The third kappa shape index (κ3) is 3.58. The summed E-state index contributed by atoms with van der Waals surface area (Å²) in [6.07, 6.45) is 0. The lowest BCUT2D eigenvalue weighted by atomic mass is 10.1. The SMILES string of the molecule is CN1NNN=C1c1ccc(C(=O)CBr)c(OCc2ccccc2)c1. The lowest BCUT2D eigenvalue weighted by molar-refractivity contribution is 0.101. The lowest BCUT2D eigenvalue weighted by Gasteiger charge is -2.15. The van der Waals surface area contributed by atoms with Crippen molar-refractivity contribution in [2.45, 2.75) is 6.61 Å². The molecule has 0 bridgehead atoms. The van der Waals surface area contributed by atoms with Gasteiger partial charge in [-0.05, 0) is 17.7 Å². The van der Waals surface area contributed by atoms with Crippen molar-refractivity contribution in [3.05, 3.63) is 65.2 Å². The predicted molar refractivity (Wildman–Crippen MR) is 95.9 cm³/mol. The number of carbonyl (C=O) groups is 1. The molecule has 7 heteroatoms. The first-order chi connectivity index (χ1) is 11.7. The molecule has 0 saturated carbocycles. The van der Waals surface area contributed by atoms with Crippen molar-refractivity contribution < 1.29 is 9.53 Å². The fraction of sp³-hybridized carbons (Fsp3) is 0.176. The molecule has 0 saturated heterocycles. The summed E-state index contributed by atoms with van der Waals surface area (Å²) in [6, 6.07) is 15.3. The van der Waals surface area contributed by atoms with Gasteiger partial charge < -0.3 is 4.74 Å². The number of amidine groups is 1. The minimum Gasteiger partial charge on any atom is -0.488 e. The molecule has 0 amide bonds. The largest absolute Gasteiger partial charge is 0.488 e. The molecule has 1 aliphatic heterocycles. The van der Waals surface area contributed by atoms with Crippen molar-refractivity contribution in [3.8, 4) is 5.75 Å². The van der Waals surface area contributed by atoms with Crippen LogP contribution in [0.2, 0.25) is 0 Å². The van der Waals surface area contributed by atoms with Gasteiger partial charge in [0.05, 0.1) is 10.9 Å². The molecule has 0 fully saturated rings. The maximum Gasteiger partial charge on any atom is 0.177 e. The van der Waals surface area contributed by atoms with E-state index in [-0.39, 0.29) is 11.1 Å². The van der Waals surface area contributed by atoms with E-state index < -0.39 is 0 Å². The summed E-state index contributed by atoms with van der Waals surface area (Å²) in [5.74, 6) is 1.24. The maximum absolute atomic E-state index is 12.2.